The van der Waals surface area contributed by atoms with Gasteiger partial charge in [0, 0.05) is 29.6 Å². The molecule has 2 rings (SSSR count). The summed E-state index contributed by atoms with van der Waals surface area (Å²) < 4.78 is 14.0. The molecule has 0 aromatic heterocycles. The number of hydrogen-bond acceptors (Lipinski definition) is 2. The SMILES string of the molecule is CCC1CN(c2ccc(F)cc2Br)C(CC)CN1. The predicted octanol–water partition coefficient (Wildman–Crippen LogP) is 3.56. The fourth-order valence-electron chi connectivity index (χ4n) is 2.51. The van der Waals surface area contributed by atoms with E-state index in [1.165, 1.54) is 6.07 Å². The molecule has 1 aromatic carbocycles. The molecule has 1 heterocycles. The normalized spacial score (nSPS) is 24.3. The van der Waals surface area contributed by atoms with Gasteiger partial charge in [-0.05, 0) is 47.0 Å². The topological polar surface area (TPSA) is 15.3 Å². The van der Waals surface area contributed by atoms with Crippen LogP contribution in [-0.2, 0) is 0 Å². The minimum atomic E-state index is -0.194. The number of nitrogens with one attached hydrogen (secondary N) is 1. The molecule has 2 nitrogen and oxygen atoms in total. The van der Waals surface area contributed by atoms with Crippen molar-refractivity contribution < 1.29 is 4.39 Å². The molecule has 0 aliphatic carbocycles. The van der Waals surface area contributed by atoms with E-state index in [4.69, 9.17) is 0 Å². The van der Waals surface area contributed by atoms with Gasteiger partial charge in [0.1, 0.15) is 5.82 Å². The van der Waals surface area contributed by atoms with Gasteiger partial charge >= 0.3 is 0 Å². The van der Waals surface area contributed by atoms with Crippen LogP contribution in [0.5, 0.6) is 0 Å². The van der Waals surface area contributed by atoms with E-state index in [2.05, 4.69) is 40.0 Å². The molecule has 2 unspecified atom stereocenters. The Morgan fingerprint density at radius 3 is 2.78 bits per heavy atom. The van der Waals surface area contributed by atoms with Crippen molar-refractivity contribution >= 4 is 21.6 Å². The van der Waals surface area contributed by atoms with E-state index in [-0.39, 0.29) is 5.82 Å². The molecule has 0 radical (unpaired) electrons. The highest BCUT2D eigenvalue weighted by Crippen LogP contribution is 2.30. The maximum absolute atomic E-state index is 13.2. The van der Waals surface area contributed by atoms with Gasteiger partial charge in [0.05, 0.1) is 5.69 Å². The molecule has 1 aliphatic rings. The van der Waals surface area contributed by atoms with E-state index < -0.39 is 0 Å². The van der Waals surface area contributed by atoms with Crippen molar-refractivity contribution in [3.8, 4) is 0 Å². The molecule has 100 valence electrons. The number of anilines is 1. The van der Waals surface area contributed by atoms with Crippen LogP contribution in [-0.4, -0.2) is 25.2 Å². The molecular formula is C14H20BrFN2. The van der Waals surface area contributed by atoms with Crippen LogP contribution < -0.4 is 10.2 Å². The quantitative estimate of drug-likeness (QED) is 0.917. The Hall–Kier alpha value is -0.610. The minimum Gasteiger partial charge on any atom is -0.365 e. The monoisotopic (exact) mass is 314 g/mol. The first-order valence-electron chi connectivity index (χ1n) is 6.60. The largest absolute Gasteiger partial charge is 0.365 e. The third-order valence-electron chi connectivity index (χ3n) is 3.68. The van der Waals surface area contributed by atoms with Crippen molar-refractivity contribution in [2.24, 2.45) is 0 Å². The van der Waals surface area contributed by atoms with Gasteiger partial charge in [-0.3, -0.25) is 0 Å². The summed E-state index contributed by atoms with van der Waals surface area (Å²) in [6, 6.07) is 5.96. The first kappa shape index (κ1) is 13.8. The number of piperazine rings is 1. The van der Waals surface area contributed by atoms with E-state index in [0.717, 1.165) is 36.1 Å². The zero-order chi connectivity index (χ0) is 13.1. The van der Waals surface area contributed by atoms with E-state index in [9.17, 15) is 4.39 Å². The molecule has 1 fully saturated rings. The third kappa shape index (κ3) is 2.86. The average molecular weight is 315 g/mol. The summed E-state index contributed by atoms with van der Waals surface area (Å²) in [6.45, 7) is 6.38. The highest BCUT2D eigenvalue weighted by atomic mass is 79.9. The first-order chi connectivity index (χ1) is 8.65. The maximum Gasteiger partial charge on any atom is 0.124 e. The van der Waals surface area contributed by atoms with Crippen LogP contribution >= 0.6 is 15.9 Å². The molecular weight excluding hydrogens is 295 g/mol. The van der Waals surface area contributed by atoms with Crippen molar-refractivity contribution in [3.63, 3.8) is 0 Å². The van der Waals surface area contributed by atoms with Crippen molar-refractivity contribution in [1.82, 2.24) is 5.32 Å². The fourth-order valence-corrected chi connectivity index (χ4v) is 3.09. The summed E-state index contributed by atoms with van der Waals surface area (Å²) in [5, 5.41) is 3.57. The standard InChI is InChI=1S/C14H20BrFN2/c1-3-11-9-18(12(4-2)8-17-11)14-6-5-10(16)7-13(14)15/h5-7,11-12,17H,3-4,8-9H2,1-2H3. The fraction of sp³-hybridized carbons (Fsp3) is 0.571. The van der Waals surface area contributed by atoms with Gasteiger partial charge in [-0.25, -0.2) is 4.39 Å². The summed E-state index contributed by atoms with van der Waals surface area (Å²) in [6.07, 6.45) is 2.21. The van der Waals surface area contributed by atoms with E-state index >= 15 is 0 Å². The molecule has 1 aromatic rings. The lowest BCUT2D eigenvalue weighted by molar-refractivity contribution is 0.378. The van der Waals surface area contributed by atoms with Crippen LogP contribution in [0.15, 0.2) is 22.7 Å². The van der Waals surface area contributed by atoms with Crippen molar-refractivity contribution in [1.29, 1.82) is 0 Å². The molecule has 0 spiro atoms. The van der Waals surface area contributed by atoms with Crippen molar-refractivity contribution in [3.05, 3.63) is 28.5 Å². The lowest BCUT2D eigenvalue weighted by Gasteiger charge is -2.42. The number of rotatable bonds is 3. The molecule has 1 aliphatic heterocycles. The minimum absolute atomic E-state index is 0.194. The van der Waals surface area contributed by atoms with Gasteiger partial charge in [-0.2, -0.15) is 0 Å². The Kier molecular flexibility index (Phi) is 4.62. The molecule has 0 amide bonds. The molecule has 4 heteroatoms. The van der Waals surface area contributed by atoms with Gasteiger partial charge in [0.2, 0.25) is 0 Å². The summed E-state index contributed by atoms with van der Waals surface area (Å²) in [4.78, 5) is 2.40. The maximum atomic E-state index is 13.2. The lowest BCUT2D eigenvalue weighted by atomic mass is 10.0. The zero-order valence-corrected chi connectivity index (χ0v) is 12.5. The molecule has 1 saturated heterocycles. The Labute approximate surface area is 117 Å². The van der Waals surface area contributed by atoms with Crippen LogP contribution in [0.1, 0.15) is 26.7 Å². The summed E-state index contributed by atoms with van der Waals surface area (Å²) >= 11 is 3.48. The zero-order valence-electron chi connectivity index (χ0n) is 10.9. The Balaban J connectivity index is 2.26. The van der Waals surface area contributed by atoms with Crippen LogP contribution in [0.25, 0.3) is 0 Å². The Bertz CT molecular complexity index is 411. The van der Waals surface area contributed by atoms with Crippen LogP contribution in [0, 0.1) is 5.82 Å². The second-order valence-corrected chi connectivity index (χ2v) is 5.68. The molecule has 0 saturated carbocycles. The van der Waals surface area contributed by atoms with Crippen molar-refractivity contribution in [2.75, 3.05) is 18.0 Å². The van der Waals surface area contributed by atoms with Crippen LogP contribution in [0.3, 0.4) is 0 Å². The van der Waals surface area contributed by atoms with Gasteiger partial charge in [0.15, 0.2) is 0 Å². The van der Waals surface area contributed by atoms with Gasteiger partial charge < -0.3 is 10.2 Å². The Morgan fingerprint density at radius 1 is 1.39 bits per heavy atom. The van der Waals surface area contributed by atoms with Crippen LogP contribution in [0.4, 0.5) is 10.1 Å². The average Bonchev–Trinajstić information content (AvgIpc) is 2.38. The first-order valence-corrected chi connectivity index (χ1v) is 7.40. The highest BCUT2D eigenvalue weighted by Gasteiger charge is 2.27. The number of hydrogen-bond donors (Lipinski definition) is 1. The summed E-state index contributed by atoms with van der Waals surface area (Å²) in [5.41, 5.74) is 1.10. The predicted molar refractivity (Wildman–Crippen MR) is 77.6 cm³/mol. The molecule has 2 atom stereocenters. The second kappa shape index (κ2) is 6.02. The van der Waals surface area contributed by atoms with E-state index in [0.29, 0.717) is 12.1 Å². The smallest absolute Gasteiger partial charge is 0.124 e. The van der Waals surface area contributed by atoms with Gasteiger partial charge in [-0.15, -0.1) is 0 Å². The third-order valence-corrected chi connectivity index (χ3v) is 4.32. The lowest BCUT2D eigenvalue weighted by Crippen LogP contribution is -2.56. The Morgan fingerprint density at radius 2 is 2.17 bits per heavy atom. The number of nitrogens with zero attached hydrogens (tertiary/aromatic N) is 1. The van der Waals surface area contributed by atoms with Gasteiger partial charge in [-0.1, -0.05) is 13.8 Å². The summed E-state index contributed by atoms with van der Waals surface area (Å²) in [5.74, 6) is -0.194. The number of benzene rings is 1. The number of halogens is 2. The highest BCUT2D eigenvalue weighted by molar-refractivity contribution is 9.10. The summed E-state index contributed by atoms with van der Waals surface area (Å²) in [7, 11) is 0. The van der Waals surface area contributed by atoms with Crippen molar-refractivity contribution in [2.45, 2.75) is 38.8 Å². The van der Waals surface area contributed by atoms with Crippen LogP contribution in [0.2, 0.25) is 0 Å². The molecule has 0 bridgehead atoms. The van der Waals surface area contributed by atoms with E-state index in [1.807, 2.05) is 6.07 Å². The molecule has 1 N–H and O–H groups in total. The second-order valence-electron chi connectivity index (χ2n) is 4.82. The van der Waals surface area contributed by atoms with E-state index in [1.54, 1.807) is 6.07 Å². The van der Waals surface area contributed by atoms with Gasteiger partial charge in [0.25, 0.3) is 0 Å². The molecule has 18 heavy (non-hydrogen) atoms.